The largest absolute Gasteiger partial charge is 0.504 e. The van der Waals surface area contributed by atoms with Crippen molar-refractivity contribution in [2.75, 3.05) is 13.6 Å². The van der Waals surface area contributed by atoms with E-state index >= 15 is 0 Å². The lowest BCUT2D eigenvalue weighted by atomic mass is 10.1. The number of likely N-dealkylation sites (N-methyl/N-ethyl adjacent to an activating group) is 1. The molecule has 0 atom stereocenters. The molecule has 0 saturated heterocycles. The minimum atomic E-state index is -0.530. The average molecular weight is 262 g/mol. The zero-order valence-corrected chi connectivity index (χ0v) is 9.78. The van der Waals surface area contributed by atoms with Crippen molar-refractivity contribution in [3.05, 3.63) is 27.5 Å². The van der Waals surface area contributed by atoms with Gasteiger partial charge >= 0.3 is 0 Å². The topological polar surface area (TPSA) is 32.3 Å². The zero-order chi connectivity index (χ0) is 10.7. The molecule has 0 heterocycles. The molecule has 78 valence electrons. The molecule has 14 heavy (non-hydrogen) atoms. The van der Waals surface area contributed by atoms with Gasteiger partial charge in [-0.3, -0.25) is 0 Å². The van der Waals surface area contributed by atoms with Crippen LogP contribution in [0, 0.1) is 12.7 Å². The quantitative estimate of drug-likeness (QED) is 0.876. The number of aryl methyl sites for hydroxylation is 1. The molecule has 0 unspecified atom stereocenters. The van der Waals surface area contributed by atoms with Gasteiger partial charge in [0.05, 0.1) is 4.47 Å². The van der Waals surface area contributed by atoms with Crippen molar-refractivity contribution in [3.8, 4) is 5.75 Å². The van der Waals surface area contributed by atoms with Gasteiger partial charge in [-0.1, -0.05) is 6.07 Å². The summed E-state index contributed by atoms with van der Waals surface area (Å²) in [6, 6.07) is 1.75. The molecule has 2 nitrogen and oxygen atoms in total. The molecule has 0 radical (unpaired) electrons. The van der Waals surface area contributed by atoms with Crippen LogP contribution in [-0.2, 0) is 6.42 Å². The second-order valence-corrected chi connectivity index (χ2v) is 3.98. The predicted molar refractivity (Wildman–Crippen MR) is 58.1 cm³/mol. The van der Waals surface area contributed by atoms with E-state index in [1.54, 1.807) is 6.07 Å². The molecule has 0 aromatic heterocycles. The minimum absolute atomic E-state index is 0.295. The third kappa shape index (κ3) is 2.25. The van der Waals surface area contributed by atoms with Crippen molar-refractivity contribution in [2.45, 2.75) is 13.3 Å². The maximum atomic E-state index is 13.5. The summed E-state index contributed by atoms with van der Waals surface area (Å²) >= 11 is 3.13. The molecule has 0 amide bonds. The van der Waals surface area contributed by atoms with Crippen LogP contribution in [0.3, 0.4) is 0 Å². The predicted octanol–water partition coefficient (Wildman–Crippen LogP) is 2.36. The van der Waals surface area contributed by atoms with Gasteiger partial charge < -0.3 is 10.4 Å². The summed E-state index contributed by atoms with van der Waals surface area (Å²) in [5.74, 6) is -0.825. The molecule has 0 spiro atoms. The summed E-state index contributed by atoms with van der Waals surface area (Å²) in [4.78, 5) is 0. The average Bonchev–Trinajstić information content (AvgIpc) is 2.18. The molecule has 0 aliphatic heterocycles. The Morgan fingerprint density at radius 3 is 2.79 bits per heavy atom. The van der Waals surface area contributed by atoms with Crippen LogP contribution in [0.25, 0.3) is 0 Å². The van der Waals surface area contributed by atoms with Crippen molar-refractivity contribution in [3.63, 3.8) is 0 Å². The highest BCUT2D eigenvalue weighted by Gasteiger charge is 2.13. The van der Waals surface area contributed by atoms with Crippen molar-refractivity contribution < 1.29 is 9.50 Å². The number of hydrogen-bond acceptors (Lipinski definition) is 2. The first-order valence-electron chi connectivity index (χ1n) is 4.39. The Morgan fingerprint density at radius 1 is 1.57 bits per heavy atom. The van der Waals surface area contributed by atoms with Crippen molar-refractivity contribution in [2.24, 2.45) is 0 Å². The number of aromatic hydroxyl groups is 1. The van der Waals surface area contributed by atoms with Crippen LogP contribution in [-0.4, -0.2) is 18.7 Å². The Labute approximate surface area is 91.3 Å². The molecule has 2 N–H and O–H groups in total. The second-order valence-electron chi connectivity index (χ2n) is 3.18. The first-order valence-corrected chi connectivity index (χ1v) is 5.18. The molecule has 1 rings (SSSR count). The fourth-order valence-electron chi connectivity index (χ4n) is 1.26. The van der Waals surface area contributed by atoms with E-state index in [4.69, 9.17) is 0 Å². The number of rotatable bonds is 3. The fraction of sp³-hybridized carbons (Fsp3) is 0.400. The van der Waals surface area contributed by atoms with Gasteiger partial charge in [0.2, 0.25) is 0 Å². The van der Waals surface area contributed by atoms with Gasteiger partial charge in [0.25, 0.3) is 0 Å². The fourth-order valence-corrected chi connectivity index (χ4v) is 1.55. The number of benzene rings is 1. The summed E-state index contributed by atoms with van der Waals surface area (Å²) in [5.41, 5.74) is 1.38. The second kappa shape index (κ2) is 4.75. The van der Waals surface area contributed by atoms with Crippen molar-refractivity contribution in [1.29, 1.82) is 0 Å². The maximum Gasteiger partial charge on any atom is 0.169 e. The van der Waals surface area contributed by atoms with Gasteiger partial charge in [-0.25, -0.2) is 4.39 Å². The lowest BCUT2D eigenvalue weighted by molar-refractivity contribution is 0.424. The van der Waals surface area contributed by atoms with E-state index in [2.05, 4.69) is 21.2 Å². The van der Waals surface area contributed by atoms with E-state index in [-0.39, 0.29) is 5.75 Å². The Kier molecular flexibility index (Phi) is 3.89. The van der Waals surface area contributed by atoms with Gasteiger partial charge in [-0.2, -0.15) is 0 Å². The lowest BCUT2D eigenvalue weighted by Crippen LogP contribution is -2.11. The van der Waals surface area contributed by atoms with Gasteiger partial charge in [0, 0.05) is 0 Å². The smallest absolute Gasteiger partial charge is 0.169 e. The Bertz CT molecular complexity index is 341. The van der Waals surface area contributed by atoms with Gasteiger partial charge in [0.1, 0.15) is 0 Å². The van der Waals surface area contributed by atoms with E-state index in [1.807, 2.05) is 14.0 Å². The number of phenols is 1. The Balaban J connectivity index is 3.06. The molecular formula is C10H13BrFNO. The molecular weight excluding hydrogens is 249 g/mol. The van der Waals surface area contributed by atoms with E-state index in [0.29, 0.717) is 23.0 Å². The standard InChI is InChI=1S/C10H13BrFNO/c1-6-5-7(3-4-13-2)9(12)10(14)8(6)11/h5,13-14H,3-4H2,1-2H3. The highest BCUT2D eigenvalue weighted by atomic mass is 79.9. The van der Waals surface area contributed by atoms with Crippen LogP contribution in [0.1, 0.15) is 11.1 Å². The van der Waals surface area contributed by atoms with Crippen LogP contribution < -0.4 is 5.32 Å². The van der Waals surface area contributed by atoms with E-state index in [9.17, 15) is 9.50 Å². The summed E-state index contributed by atoms with van der Waals surface area (Å²) in [7, 11) is 1.81. The minimum Gasteiger partial charge on any atom is -0.504 e. The SMILES string of the molecule is CNCCc1cc(C)c(Br)c(O)c1F. The van der Waals surface area contributed by atoms with Gasteiger partial charge in [-0.05, 0) is 54.0 Å². The van der Waals surface area contributed by atoms with Crippen molar-refractivity contribution >= 4 is 15.9 Å². The summed E-state index contributed by atoms with van der Waals surface area (Å²) in [6.07, 6.45) is 0.573. The van der Waals surface area contributed by atoms with Gasteiger partial charge in [-0.15, -0.1) is 0 Å². The monoisotopic (exact) mass is 261 g/mol. The van der Waals surface area contributed by atoms with Crippen LogP contribution >= 0.6 is 15.9 Å². The number of phenolic OH excluding ortho intramolecular Hbond substituents is 1. The van der Waals surface area contributed by atoms with Crippen molar-refractivity contribution in [1.82, 2.24) is 5.32 Å². The molecule has 0 aliphatic carbocycles. The van der Waals surface area contributed by atoms with E-state index in [0.717, 1.165) is 5.56 Å². The lowest BCUT2D eigenvalue weighted by Gasteiger charge is -2.08. The van der Waals surface area contributed by atoms with Crippen LogP contribution in [0.5, 0.6) is 5.75 Å². The first kappa shape index (κ1) is 11.5. The molecule has 0 bridgehead atoms. The molecule has 0 saturated carbocycles. The normalized spacial score (nSPS) is 10.6. The molecule has 1 aromatic rings. The summed E-state index contributed by atoms with van der Waals surface area (Å²) in [5, 5.41) is 12.4. The third-order valence-electron chi connectivity index (χ3n) is 2.08. The number of hydrogen-bond donors (Lipinski definition) is 2. The zero-order valence-electron chi connectivity index (χ0n) is 8.19. The maximum absolute atomic E-state index is 13.5. The van der Waals surface area contributed by atoms with Crippen LogP contribution in [0.15, 0.2) is 10.5 Å². The van der Waals surface area contributed by atoms with E-state index in [1.165, 1.54) is 0 Å². The van der Waals surface area contributed by atoms with Gasteiger partial charge in [0.15, 0.2) is 11.6 Å². The van der Waals surface area contributed by atoms with Crippen LogP contribution in [0.2, 0.25) is 0 Å². The molecule has 1 aromatic carbocycles. The highest BCUT2D eigenvalue weighted by Crippen LogP contribution is 2.32. The van der Waals surface area contributed by atoms with Crippen LogP contribution in [0.4, 0.5) is 4.39 Å². The molecule has 0 fully saturated rings. The number of halogens is 2. The van der Waals surface area contributed by atoms with E-state index < -0.39 is 5.82 Å². The molecule has 4 heteroatoms. The first-order chi connectivity index (χ1) is 6.57. The Morgan fingerprint density at radius 2 is 2.21 bits per heavy atom. The summed E-state index contributed by atoms with van der Waals surface area (Å²) in [6.45, 7) is 2.52. The molecule has 0 aliphatic rings. The summed E-state index contributed by atoms with van der Waals surface area (Å²) < 4.78 is 13.9. The third-order valence-corrected chi connectivity index (χ3v) is 3.08. The highest BCUT2D eigenvalue weighted by molar-refractivity contribution is 9.10. The number of nitrogens with one attached hydrogen (secondary N) is 1. The Hall–Kier alpha value is -0.610.